The van der Waals surface area contributed by atoms with E-state index in [1.165, 1.54) is 11.3 Å². The van der Waals surface area contributed by atoms with Crippen LogP contribution in [0.15, 0.2) is 54.7 Å². The second-order valence-electron chi connectivity index (χ2n) is 3.87. The second kappa shape index (κ2) is 5.13. The van der Waals surface area contributed by atoms with Crippen LogP contribution in [0.25, 0.3) is 0 Å². The van der Waals surface area contributed by atoms with E-state index >= 15 is 0 Å². The number of aryl methyl sites for hydroxylation is 1. The molecule has 0 saturated carbocycles. The fourth-order valence-electron chi connectivity index (χ4n) is 1.71. The van der Waals surface area contributed by atoms with E-state index < -0.39 is 0 Å². The van der Waals surface area contributed by atoms with Gasteiger partial charge in [0.05, 0.1) is 0 Å². The number of halogens is 1. The van der Waals surface area contributed by atoms with E-state index in [0.717, 1.165) is 6.54 Å². The molecule has 16 heavy (non-hydrogen) atoms. The molecule has 82 valence electrons. The molecule has 0 aliphatic heterocycles. The third-order valence-electron chi connectivity index (χ3n) is 2.69. The van der Waals surface area contributed by atoms with Crippen molar-refractivity contribution in [2.24, 2.45) is 0 Å². The Bertz CT molecular complexity index is 453. The lowest BCUT2D eigenvalue weighted by molar-refractivity contribution is -0.703. The highest BCUT2D eigenvalue weighted by Gasteiger charge is 2.14. The average molecular weight is 233 g/mol. The van der Waals surface area contributed by atoms with Crippen LogP contribution in [-0.2, 0) is 6.54 Å². The predicted octanol–water partition coefficient (Wildman–Crippen LogP) is 3.26. The summed E-state index contributed by atoms with van der Waals surface area (Å²) in [6.07, 6.45) is 2.06. The lowest BCUT2D eigenvalue weighted by Gasteiger charge is -2.07. The molecule has 2 aromatic rings. The Morgan fingerprint density at radius 1 is 1.06 bits per heavy atom. The zero-order valence-electron chi connectivity index (χ0n) is 9.31. The molecule has 0 amide bonds. The van der Waals surface area contributed by atoms with Gasteiger partial charge in [-0.25, -0.2) is 4.57 Å². The Hall–Kier alpha value is -1.34. The minimum absolute atomic E-state index is 0.0206. The Balaban J connectivity index is 2.14. The number of hydrogen-bond acceptors (Lipinski definition) is 0. The molecule has 1 nitrogen and oxygen atoms in total. The van der Waals surface area contributed by atoms with E-state index in [1.807, 2.05) is 30.3 Å². The molecule has 0 aliphatic carbocycles. The molecule has 1 aromatic heterocycles. The summed E-state index contributed by atoms with van der Waals surface area (Å²) < 4.78 is 2.17. The minimum atomic E-state index is 0.0206. The van der Waals surface area contributed by atoms with Crippen molar-refractivity contribution >= 4 is 11.6 Å². The summed E-state index contributed by atoms with van der Waals surface area (Å²) in [5, 5.41) is 0.0206. The predicted molar refractivity (Wildman–Crippen MR) is 66.4 cm³/mol. The molecule has 0 N–H and O–H groups in total. The highest BCUT2D eigenvalue weighted by molar-refractivity contribution is 6.20. The van der Waals surface area contributed by atoms with Gasteiger partial charge in [0, 0.05) is 19.1 Å². The largest absolute Gasteiger partial charge is 0.201 e. The van der Waals surface area contributed by atoms with Crippen LogP contribution < -0.4 is 4.57 Å². The maximum absolute atomic E-state index is 6.39. The molecule has 2 heteroatoms. The molecule has 0 saturated heterocycles. The SMILES string of the molecule is Cc1cccc[n+]1CC(Cl)c1ccccc1. The highest BCUT2D eigenvalue weighted by atomic mass is 35.5. The van der Waals surface area contributed by atoms with Crippen molar-refractivity contribution in [3.63, 3.8) is 0 Å². The first kappa shape index (κ1) is 11.2. The monoisotopic (exact) mass is 232 g/mol. The molecule has 0 bridgehead atoms. The van der Waals surface area contributed by atoms with Crippen LogP contribution in [0.1, 0.15) is 16.6 Å². The van der Waals surface area contributed by atoms with Crippen LogP contribution in [0.4, 0.5) is 0 Å². The molecular weight excluding hydrogens is 218 g/mol. The summed E-state index contributed by atoms with van der Waals surface area (Å²) in [5.41, 5.74) is 2.39. The van der Waals surface area contributed by atoms with Crippen LogP contribution in [0.2, 0.25) is 0 Å². The van der Waals surface area contributed by atoms with Crippen molar-refractivity contribution in [3.8, 4) is 0 Å². The molecule has 1 unspecified atom stereocenters. The van der Waals surface area contributed by atoms with Gasteiger partial charge in [-0.15, -0.1) is 11.6 Å². The minimum Gasteiger partial charge on any atom is -0.201 e. The fraction of sp³-hybridized carbons (Fsp3) is 0.214. The Kier molecular flexibility index (Phi) is 3.58. The zero-order chi connectivity index (χ0) is 11.4. The lowest BCUT2D eigenvalue weighted by Crippen LogP contribution is -2.38. The number of alkyl halides is 1. The number of rotatable bonds is 3. The van der Waals surface area contributed by atoms with Crippen LogP contribution in [0, 0.1) is 6.92 Å². The third kappa shape index (κ3) is 2.61. The van der Waals surface area contributed by atoms with Gasteiger partial charge in [0.15, 0.2) is 18.4 Å². The molecule has 1 heterocycles. The maximum atomic E-state index is 6.39. The van der Waals surface area contributed by atoms with Crippen LogP contribution in [-0.4, -0.2) is 0 Å². The Labute approximate surface area is 101 Å². The number of benzene rings is 1. The van der Waals surface area contributed by atoms with E-state index in [-0.39, 0.29) is 5.38 Å². The Morgan fingerprint density at radius 3 is 2.44 bits per heavy atom. The lowest BCUT2D eigenvalue weighted by atomic mass is 10.1. The summed E-state index contributed by atoms with van der Waals surface area (Å²) >= 11 is 6.39. The summed E-state index contributed by atoms with van der Waals surface area (Å²) in [7, 11) is 0. The number of pyridine rings is 1. The molecule has 0 radical (unpaired) electrons. The zero-order valence-corrected chi connectivity index (χ0v) is 10.1. The van der Waals surface area contributed by atoms with Crippen molar-refractivity contribution in [3.05, 3.63) is 66.0 Å². The van der Waals surface area contributed by atoms with Crippen LogP contribution >= 0.6 is 11.6 Å². The van der Waals surface area contributed by atoms with Crippen molar-refractivity contribution in [1.82, 2.24) is 0 Å². The maximum Gasteiger partial charge on any atom is 0.178 e. The summed E-state index contributed by atoms with van der Waals surface area (Å²) in [6, 6.07) is 16.3. The van der Waals surface area contributed by atoms with Gasteiger partial charge in [0.1, 0.15) is 5.38 Å². The average Bonchev–Trinajstić information content (AvgIpc) is 2.33. The van der Waals surface area contributed by atoms with Gasteiger partial charge < -0.3 is 0 Å². The molecule has 0 aliphatic rings. The van der Waals surface area contributed by atoms with Gasteiger partial charge in [-0.05, 0) is 5.56 Å². The van der Waals surface area contributed by atoms with E-state index in [4.69, 9.17) is 11.6 Å². The number of nitrogens with zero attached hydrogens (tertiary/aromatic N) is 1. The standard InChI is InChI=1S/C14H15ClN/c1-12-7-5-6-10-16(12)11-14(15)13-8-3-2-4-9-13/h2-10,14H,11H2,1H3/q+1. The highest BCUT2D eigenvalue weighted by Crippen LogP contribution is 2.19. The first-order valence-electron chi connectivity index (χ1n) is 5.41. The van der Waals surface area contributed by atoms with Gasteiger partial charge in [-0.2, -0.15) is 0 Å². The first-order chi connectivity index (χ1) is 7.77. The van der Waals surface area contributed by atoms with Gasteiger partial charge in [-0.1, -0.05) is 36.4 Å². The molecule has 1 atom stereocenters. The quantitative estimate of drug-likeness (QED) is 0.565. The molecule has 0 spiro atoms. The van der Waals surface area contributed by atoms with E-state index in [2.05, 4.69) is 35.9 Å². The van der Waals surface area contributed by atoms with Gasteiger partial charge >= 0.3 is 0 Å². The first-order valence-corrected chi connectivity index (χ1v) is 5.85. The van der Waals surface area contributed by atoms with E-state index in [9.17, 15) is 0 Å². The van der Waals surface area contributed by atoms with Crippen LogP contribution in [0.5, 0.6) is 0 Å². The van der Waals surface area contributed by atoms with Crippen molar-refractivity contribution < 1.29 is 4.57 Å². The normalized spacial score (nSPS) is 12.4. The van der Waals surface area contributed by atoms with E-state index in [0.29, 0.717) is 0 Å². The van der Waals surface area contributed by atoms with Gasteiger partial charge in [0.25, 0.3) is 0 Å². The summed E-state index contributed by atoms with van der Waals surface area (Å²) in [6.45, 7) is 2.90. The van der Waals surface area contributed by atoms with Gasteiger partial charge in [-0.3, -0.25) is 0 Å². The summed E-state index contributed by atoms with van der Waals surface area (Å²) in [5.74, 6) is 0. The summed E-state index contributed by atoms with van der Waals surface area (Å²) in [4.78, 5) is 0. The second-order valence-corrected chi connectivity index (χ2v) is 4.40. The van der Waals surface area contributed by atoms with E-state index in [1.54, 1.807) is 0 Å². The topological polar surface area (TPSA) is 3.88 Å². The smallest absolute Gasteiger partial charge is 0.178 e. The molecule has 0 fully saturated rings. The van der Waals surface area contributed by atoms with Crippen molar-refractivity contribution in [1.29, 1.82) is 0 Å². The molecule has 2 rings (SSSR count). The number of aromatic nitrogens is 1. The van der Waals surface area contributed by atoms with Gasteiger partial charge in [0.2, 0.25) is 0 Å². The van der Waals surface area contributed by atoms with Crippen LogP contribution in [0.3, 0.4) is 0 Å². The molecule has 1 aromatic carbocycles. The van der Waals surface area contributed by atoms with Crippen molar-refractivity contribution in [2.75, 3.05) is 0 Å². The Morgan fingerprint density at radius 2 is 1.75 bits per heavy atom. The third-order valence-corrected chi connectivity index (χ3v) is 3.08. The number of hydrogen-bond donors (Lipinski definition) is 0. The fourth-order valence-corrected chi connectivity index (χ4v) is 2.00. The van der Waals surface area contributed by atoms with Crippen molar-refractivity contribution in [2.45, 2.75) is 18.8 Å². The molecular formula is C14H15ClN+.